The molecule has 0 aromatic rings. The summed E-state index contributed by atoms with van der Waals surface area (Å²) in [6.07, 6.45) is 13.9. The largest absolute Gasteiger partial charge is 0.300 e. The van der Waals surface area contributed by atoms with Gasteiger partial charge in [-0.2, -0.15) is 0 Å². The van der Waals surface area contributed by atoms with Crippen molar-refractivity contribution >= 4 is 5.78 Å². The summed E-state index contributed by atoms with van der Waals surface area (Å²) >= 11 is 0. The van der Waals surface area contributed by atoms with Crippen LogP contribution in [-0.2, 0) is 4.79 Å². The Morgan fingerprint density at radius 2 is 1.40 bits per heavy atom. The van der Waals surface area contributed by atoms with Crippen LogP contribution in [0.25, 0.3) is 0 Å². The Labute approximate surface area is 94.6 Å². The molecule has 1 aliphatic rings. The third-order valence-electron chi connectivity index (χ3n) is 3.64. The molecule has 1 aliphatic carbocycles. The molecule has 0 N–H and O–H groups in total. The van der Waals surface area contributed by atoms with Gasteiger partial charge in [-0.3, -0.25) is 4.79 Å². The van der Waals surface area contributed by atoms with Crippen LogP contribution < -0.4 is 0 Å². The number of hydrogen-bond donors (Lipinski definition) is 0. The molecule has 0 atom stereocenters. The number of hydrogen-bond acceptors (Lipinski definition) is 1. The Hall–Kier alpha value is -0.330. The molecular formula is C14H26O. The first kappa shape index (κ1) is 12.7. The maximum Gasteiger partial charge on any atom is 0.132 e. The van der Waals surface area contributed by atoms with E-state index in [1.54, 1.807) is 0 Å². The summed E-state index contributed by atoms with van der Waals surface area (Å²) in [6, 6.07) is 0. The Morgan fingerprint density at radius 3 is 1.87 bits per heavy atom. The van der Waals surface area contributed by atoms with Gasteiger partial charge in [0.2, 0.25) is 0 Å². The lowest BCUT2D eigenvalue weighted by molar-refractivity contribution is -0.119. The predicted octanol–water partition coefficient (Wildman–Crippen LogP) is 4.50. The smallest absolute Gasteiger partial charge is 0.132 e. The standard InChI is InChI=1S/C14H26O/c1-2-14(15)12-13-10-8-6-4-3-5-7-9-11-13/h13H,2-12H2,1H3. The maximum atomic E-state index is 11.4. The second kappa shape index (κ2) is 7.90. The van der Waals surface area contributed by atoms with Crippen LogP contribution in [0, 0.1) is 5.92 Å². The minimum absolute atomic E-state index is 0.469. The molecule has 0 radical (unpaired) electrons. The first-order chi connectivity index (χ1) is 7.33. The Kier molecular flexibility index (Phi) is 6.71. The van der Waals surface area contributed by atoms with Gasteiger partial charge >= 0.3 is 0 Å². The summed E-state index contributed by atoms with van der Waals surface area (Å²) in [5, 5.41) is 0. The highest BCUT2D eigenvalue weighted by atomic mass is 16.1. The van der Waals surface area contributed by atoms with Crippen LogP contribution >= 0.6 is 0 Å². The molecule has 0 bridgehead atoms. The molecular weight excluding hydrogens is 184 g/mol. The summed E-state index contributed by atoms with van der Waals surface area (Å²) in [6.45, 7) is 1.99. The van der Waals surface area contributed by atoms with Crippen molar-refractivity contribution in [3.05, 3.63) is 0 Å². The van der Waals surface area contributed by atoms with Crippen LogP contribution in [0.15, 0.2) is 0 Å². The molecule has 0 aromatic carbocycles. The lowest BCUT2D eigenvalue weighted by Gasteiger charge is -2.17. The highest BCUT2D eigenvalue weighted by Crippen LogP contribution is 2.24. The van der Waals surface area contributed by atoms with Crippen molar-refractivity contribution < 1.29 is 4.79 Å². The van der Waals surface area contributed by atoms with Gasteiger partial charge in [-0.25, -0.2) is 0 Å². The van der Waals surface area contributed by atoms with E-state index in [4.69, 9.17) is 0 Å². The summed E-state index contributed by atoms with van der Waals surface area (Å²) in [7, 11) is 0. The molecule has 15 heavy (non-hydrogen) atoms. The van der Waals surface area contributed by atoms with E-state index in [2.05, 4.69) is 0 Å². The molecule has 0 saturated heterocycles. The topological polar surface area (TPSA) is 17.1 Å². The van der Waals surface area contributed by atoms with E-state index in [-0.39, 0.29) is 0 Å². The van der Waals surface area contributed by atoms with Crippen LogP contribution in [-0.4, -0.2) is 5.78 Å². The molecule has 0 aromatic heterocycles. The molecule has 1 nitrogen and oxygen atoms in total. The van der Waals surface area contributed by atoms with Gasteiger partial charge in [0.15, 0.2) is 0 Å². The summed E-state index contributed by atoms with van der Waals surface area (Å²) < 4.78 is 0. The highest BCUT2D eigenvalue weighted by molar-refractivity contribution is 5.78. The van der Waals surface area contributed by atoms with E-state index in [9.17, 15) is 4.79 Å². The van der Waals surface area contributed by atoms with Crippen molar-refractivity contribution in [1.29, 1.82) is 0 Å². The molecule has 0 amide bonds. The van der Waals surface area contributed by atoms with Crippen molar-refractivity contribution in [2.45, 2.75) is 77.6 Å². The van der Waals surface area contributed by atoms with Gasteiger partial charge in [-0.05, 0) is 5.92 Å². The zero-order valence-corrected chi connectivity index (χ0v) is 10.3. The molecule has 0 spiro atoms. The number of rotatable bonds is 3. The van der Waals surface area contributed by atoms with Gasteiger partial charge in [-0.15, -0.1) is 0 Å². The van der Waals surface area contributed by atoms with Gasteiger partial charge < -0.3 is 0 Å². The first-order valence-electron chi connectivity index (χ1n) is 6.84. The zero-order chi connectivity index (χ0) is 10.9. The summed E-state index contributed by atoms with van der Waals surface area (Å²) in [5.41, 5.74) is 0. The fraction of sp³-hybridized carbons (Fsp3) is 0.929. The number of carbonyl (C=O) groups is 1. The van der Waals surface area contributed by atoms with E-state index in [1.165, 1.54) is 57.8 Å². The maximum absolute atomic E-state index is 11.4. The number of Topliss-reactive ketones (excluding diaryl/α,β-unsaturated/α-hetero) is 1. The quantitative estimate of drug-likeness (QED) is 0.670. The van der Waals surface area contributed by atoms with Gasteiger partial charge in [-0.1, -0.05) is 64.7 Å². The van der Waals surface area contributed by atoms with Gasteiger partial charge in [0, 0.05) is 12.8 Å². The van der Waals surface area contributed by atoms with Crippen LogP contribution in [0.1, 0.15) is 77.6 Å². The second-order valence-corrected chi connectivity index (χ2v) is 5.01. The van der Waals surface area contributed by atoms with Crippen molar-refractivity contribution in [3.63, 3.8) is 0 Å². The van der Waals surface area contributed by atoms with Crippen molar-refractivity contribution in [2.24, 2.45) is 5.92 Å². The van der Waals surface area contributed by atoms with E-state index in [0.717, 1.165) is 12.8 Å². The molecule has 1 heteroatoms. The molecule has 0 aliphatic heterocycles. The fourth-order valence-electron chi connectivity index (χ4n) is 2.56. The monoisotopic (exact) mass is 210 g/mol. The van der Waals surface area contributed by atoms with E-state index < -0.39 is 0 Å². The Bertz CT molecular complexity index is 164. The molecule has 88 valence electrons. The Balaban J connectivity index is 2.28. The van der Waals surface area contributed by atoms with Gasteiger partial charge in [0.25, 0.3) is 0 Å². The third-order valence-corrected chi connectivity index (χ3v) is 3.64. The van der Waals surface area contributed by atoms with E-state index >= 15 is 0 Å². The minimum Gasteiger partial charge on any atom is -0.300 e. The summed E-state index contributed by atoms with van der Waals surface area (Å²) in [4.78, 5) is 11.4. The normalized spacial score (nSPS) is 21.1. The van der Waals surface area contributed by atoms with Crippen molar-refractivity contribution in [3.8, 4) is 0 Å². The Morgan fingerprint density at radius 1 is 0.933 bits per heavy atom. The average Bonchev–Trinajstić information content (AvgIpc) is 2.27. The summed E-state index contributed by atoms with van der Waals surface area (Å²) in [5.74, 6) is 1.17. The lowest BCUT2D eigenvalue weighted by atomic mass is 9.88. The molecule has 0 unspecified atom stereocenters. The van der Waals surface area contributed by atoms with Crippen molar-refractivity contribution in [2.75, 3.05) is 0 Å². The van der Waals surface area contributed by atoms with Crippen molar-refractivity contribution in [1.82, 2.24) is 0 Å². The highest BCUT2D eigenvalue weighted by Gasteiger charge is 2.13. The van der Waals surface area contributed by atoms with Crippen LogP contribution in [0.4, 0.5) is 0 Å². The van der Waals surface area contributed by atoms with Crippen LogP contribution in [0.2, 0.25) is 0 Å². The fourth-order valence-corrected chi connectivity index (χ4v) is 2.56. The number of carbonyl (C=O) groups excluding carboxylic acids is 1. The average molecular weight is 210 g/mol. The lowest BCUT2D eigenvalue weighted by Crippen LogP contribution is -2.08. The van der Waals surface area contributed by atoms with Gasteiger partial charge in [0.05, 0.1) is 0 Å². The zero-order valence-electron chi connectivity index (χ0n) is 10.3. The van der Waals surface area contributed by atoms with E-state index in [1.807, 2.05) is 6.92 Å². The predicted molar refractivity (Wildman–Crippen MR) is 65.0 cm³/mol. The second-order valence-electron chi connectivity index (χ2n) is 5.01. The molecule has 1 saturated carbocycles. The van der Waals surface area contributed by atoms with E-state index in [0.29, 0.717) is 11.7 Å². The molecule has 1 fully saturated rings. The first-order valence-corrected chi connectivity index (χ1v) is 6.84. The van der Waals surface area contributed by atoms with Crippen LogP contribution in [0.5, 0.6) is 0 Å². The number of ketones is 1. The molecule has 0 heterocycles. The molecule has 1 rings (SSSR count). The SMILES string of the molecule is CCC(=O)CC1CCCCCCCCC1. The van der Waals surface area contributed by atoms with Gasteiger partial charge in [0.1, 0.15) is 5.78 Å². The van der Waals surface area contributed by atoms with Crippen LogP contribution in [0.3, 0.4) is 0 Å². The third kappa shape index (κ3) is 5.96. The minimum atomic E-state index is 0.469.